The average Bonchev–Trinajstić information content (AvgIpc) is 2.88. The molecule has 2 rings (SSSR count). The third kappa shape index (κ3) is 3.07. The van der Waals surface area contributed by atoms with Crippen molar-refractivity contribution in [3.05, 3.63) is 18.2 Å². The lowest BCUT2D eigenvalue weighted by atomic mass is 10.0. The molecule has 17 heavy (non-hydrogen) atoms. The Morgan fingerprint density at radius 2 is 2.29 bits per heavy atom. The standard InChI is InChI=1S/C13H23N3O/c1-11(2)16-10-15-8-12(16)7-14-9-13(3-4-13)5-6-17/h8,10-11,14,17H,3-7,9H2,1-2H3. The van der Waals surface area contributed by atoms with E-state index in [4.69, 9.17) is 5.11 Å². The number of imidazole rings is 1. The van der Waals surface area contributed by atoms with Crippen molar-refractivity contribution in [1.82, 2.24) is 14.9 Å². The Labute approximate surface area is 103 Å². The largest absolute Gasteiger partial charge is 0.396 e. The van der Waals surface area contributed by atoms with E-state index in [9.17, 15) is 0 Å². The van der Waals surface area contributed by atoms with Crippen LogP contribution in [0.5, 0.6) is 0 Å². The summed E-state index contributed by atoms with van der Waals surface area (Å²) in [5.74, 6) is 0. The van der Waals surface area contributed by atoms with E-state index in [2.05, 4.69) is 28.7 Å². The van der Waals surface area contributed by atoms with Gasteiger partial charge in [-0.2, -0.15) is 0 Å². The summed E-state index contributed by atoms with van der Waals surface area (Å²) in [6, 6.07) is 0.460. The molecular formula is C13H23N3O. The maximum Gasteiger partial charge on any atom is 0.0951 e. The zero-order valence-electron chi connectivity index (χ0n) is 10.8. The molecule has 1 aromatic heterocycles. The Kier molecular flexibility index (Phi) is 3.84. The zero-order valence-corrected chi connectivity index (χ0v) is 10.8. The van der Waals surface area contributed by atoms with Crippen LogP contribution in [0.4, 0.5) is 0 Å². The minimum Gasteiger partial charge on any atom is -0.396 e. The molecule has 2 N–H and O–H groups in total. The Morgan fingerprint density at radius 3 is 2.88 bits per heavy atom. The fraction of sp³-hybridized carbons (Fsp3) is 0.769. The van der Waals surface area contributed by atoms with Crippen molar-refractivity contribution in [2.45, 2.75) is 45.7 Å². The minimum atomic E-state index is 0.311. The number of hydrogen-bond donors (Lipinski definition) is 2. The van der Waals surface area contributed by atoms with Crippen LogP contribution in [0.3, 0.4) is 0 Å². The quantitative estimate of drug-likeness (QED) is 0.759. The van der Waals surface area contributed by atoms with Crippen molar-refractivity contribution in [2.75, 3.05) is 13.2 Å². The Bertz CT molecular complexity index is 355. The third-order valence-electron chi connectivity index (χ3n) is 3.71. The van der Waals surface area contributed by atoms with Crippen LogP contribution in [0, 0.1) is 5.41 Å². The first-order chi connectivity index (χ1) is 8.17. The van der Waals surface area contributed by atoms with Gasteiger partial charge in [0, 0.05) is 31.9 Å². The van der Waals surface area contributed by atoms with E-state index >= 15 is 0 Å². The SMILES string of the molecule is CC(C)n1cncc1CNCC1(CCO)CC1. The van der Waals surface area contributed by atoms with Gasteiger partial charge >= 0.3 is 0 Å². The van der Waals surface area contributed by atoms with Crippen molar-refractivity contribution in [1.29, 1.82) is 0 Å². The number of aliphatic hydroxyl groups is 1. The highest BCUT2D eigenvalue weighted by atomic mass is 16.3. The molecule has 1 aromatic rings. The molecule has 0 radical (unpaired) electrons. The first kappa shape index (κ1) is 12.6. The number of aromatic nitrogens is 2. The summed E-state index contributed by atoms with van der Waals surface area (Å²) in [5, 5.41) is 12.5. The first-order valence-electron chi connectivity index (χ1n) is 6.49. The Balaban J connectivity index is 1.80. The van der Waals surface area contributed by atoms with Crippen LogP contribution in [0.1, 0.15) is 44.8 Å². The van der Waals surface area contributed by atoms with Crippen LogP contribution in [0.25, 0.3) is 0 Å². The number of nitrogens with zero attached hydrogens (tertiary/aromatic N) is 2. The summed E-state index contributed by atoms with van der Waals surface area (Å²) in [5.41, 5.74) is 1.62. The predicted octanol–water partition coefficient (Wildman–Crippen LogP) is 1.72. The predicted molar refractivity (Wildman–Crippen MR) is 67.7 cm³/mol. The number of rotatable bonds is 7. The second-order valence-electron chi connectivity index (χ2n) is 5.46. The molecule has 0 atom stereocenters. The van der Waals surface area contributed by atoms with E-state index in [0.29, 0.717) is 18.1 Å². The van der Waals surface area contributed by atoms with Crippen molar-refractivity contribution in [3.63, 3.8) is 0 Å². The van der Waals surface area contributed by atoms with Crippen molar-refractivity contribution >= 4 is 0 Å². The number of aliphatic hydroxyl groups excluding tert-OH is 1. The maximum absolute atomic E-state index is 9.00. The number of hydrogen-bond acceptors (Lipinski definition) is 3. The molecule has 1 fully saturated rings. The van der Waals surface area contributed by atoms with Gasteiger partial charge in [0.15, 0.2) is 0 Å². The fourth-order valence-corrected chi connectivity index (χ4v) is 2.32. The van der Waals surface area contributed by atoms with E-state index in [-0.39, 0.29) is 0 Å². The fourth-order valence-electron chi connectivity index (χ4n) is 2.32. The highest BCUT2D eigenvalue weighted by Crippen LogP contribution is 2.47. The van der Waals surface area contributed by atoms with Gasteiger partial charge in [-0.3, -0.25) is 0 Å². The van der Waals surface area contributed by atoms with Gasteiger partial charge in [-0.05, 0) is 38.5 Å². The van der Waals surface area contributed by atoms with Crippen LogP contribution < -0.4 is 5.32 Å². The lowest BCUT2D eigenvalue weighted by molar-refractivity contribution is 0.245. The summed E-state index contributed by atoms with van der Waals surface area (Å²) in [6.07, 6.45) is 7.26. The topological polar surface area (TPSA) is 50.1 Å². The molecule has 1 aliphatic rings. The van der Waals surface area contributed by atoms with Gasteiger partial charge in [-0.1, -0.05) is 0 Å². The van der Waals surface area contributed by atoms with Crippen molar-refractivity contribution in [3.8, 4) is 0 Å². The van der Waals surface area contributed by atoms with Gasteiger partial charge in [0.2, 0.25) is 0 Å². The van der Waals surface area contributed by atoms with Crippen LogP contribution in [0.2, 0.25) is 0 Å². The van der Waals surface area contributed by atoms with Crippen LogP contribution >= 0.6 is 0 Å². The molecule has 1 aliphatic carbocycles. The summed E-state index contributed by atoms with van der Waals surface area (Å²) < 4.78 is 2.19. The lowest BCUT2D eigenvalue weighted by Gasteiger charge is -2.16. The van der Waals surface area contributed by atoms with E-state index in [0.717, 1.165) is 19.5 Å². The van der Waals surface area contributed by atoms with E-state index in [1.807, 2.05) is 12.5 Å². The monoisotopic (exact) mass is 237 g/mol. The Hall–Kier alpha value is -0.870. The molecular weight excluding hydrogens is 214 g/mol. The molecule has 96 valence electrons. The molecule has 0 aromatic carbocycles. The highest BCUT2D eigenvalue weighted by molar-refractivity contribution is 5.01. The second-order valence-corrected chi connectivity index (χ2v) is 5.46. The maximum atomic E-state index is 9.00. The zero-order chi connectivity index (χ0) is 12.3. The van der Waals surface area contributed by atoms with Crippen molar-refractivity contribution in [2.24, 2.45) is 5.41 Å². The van der Waals surface area contributed by atoms with Crippen LogP contribution in [0.15, 0.2) is 12.5 Å². The molecule has 0 bridgehead atoms. The third-order valence-corrected chi connectivity index (χ3v) is 3.71. The molecule has 0 unspecified atom stereocenters. The van der Waals surface area contributed by atoms with Gasteiger partial charge in [0.25, 0.3) is 0 Å². The molecule has 0 saturated heterocycles. The molecule has 1 heterocycles. The lowest BCUT2D eigenvalue weighted by Crippen LogP contribution is -2.25. The van der Waals surface area contributed by atoms with E-state index in [1.165, 1.54) is 18.5 Å². The number of nitrogens with one attached hydrogen (secondary N) is 1. The van der Waals surface area contributed by atoms with Crippen molar-refractivity contribution < 1.29 is 5.11 Å². The van der Waals surface area contributed by atoms with Crippen LogP contribution in [-0.4, -0.2) is 27.8 Å². The minimum absolute atomic E-state index is 0.311. The summed E-state index contributed by atoms with van der Waals surface area (Å²) in [6.45, 7) is 6.52. The second kappa shape index (κ2) is 5.19. The van der Waals surface area contributed by atoms with Gasteiger partial charge in [0.05, 0.1) is 12.0 Å². The highest BCUT2D eigenvalue weighted by Gasteiger charge is 2.41. The normalized spacial score (nSPS) is 17.6. The van der Waals surface area contributed by atoms with E-state index in [1.54, 1.807) is 0 Å². The van der Waals surface area contributed by atoms with Gasteiger partial charge in [-0.15, -0.1) is 0 Å². The van der Waals surface area contributed by atoms with E-state index < -0.39 is 0 Å². The molecule has 1 saturated carbocycles. The summed E-state index contributed by atoms with van der Waals surface area (Å²) in [7, 11) is 0. The molecule has 4 heteroatoms. The van der Waals surface area contributed by atoms with Crippen LogP contribution in [-0.2, 0) is 6.54 Å². The molecule has 0 aliphatic heterocycles. The first-order valence-corrected chi connectivity index (χ1v) is 6.49. The summed E-state index contributed by atoms with van der Waals surface area (Å²) >= 11 is 0. The average molecular weight is 237 g/mol. The Morgan fingerprint density at radius 1 is 1.53 bits per heavy atom. The summed E-state index contributed by atoms with van der Waals surface area (Å²) in [4.78, 5) is 4.19. The molecule has 4 nitrogen and oxygen atoms in total. The molecule has 0 spiro atoms. The molecule has 0 amide bonds. The van der Waals surface area contributed by atoms with Gasteiger partial charge < -0.3 is 15.0 Å². The van der Waals surface area contributed by atoms with Gasteiger partial charge in [0.1, 0.15) is 0 Å². The smallest absolute Gasteiger partial charge is 0.0951 e. The van der Waals surface area contributed by atoms with Gasteiger partial charge in [-0.25, -0.2) is 4.98 Å².